The summed E-state index contributed by atoms with van der Waals surface area (Å²) in [6, 6.07) is 5.41. The summed E-state index contributed by atoms with van der Waals surface area (Å²) in [5.41, 5.74) is 6.68. The molecule has 1 heterocycles. The van der Waals surface area contributed by atoms with Crippen LogP contribution in [0.2, 0.25) is 10.0 Å². The number of fused-ring (bicyclic) bond motifs is 1. The highest BCUT2D eigenvalue weighted by atomic mass is 35.5. The first-order valence-corrected chi connectivity index (χ1v) is 7.82. The van der Waals surface area contributed by atoms with Crippen LogP contribution in [0.1, 0.15) is 29.6 Å². The van der Waals surface area contributed by atoms with E-state index >= 15 is 0 Å². The Kier molecular flexibility index (Phi) is 3.93. The van der Waals surface area contributed by atoms with E-state index in [1.165, 1.54) is 12.8 Å². The van der Waals surface area contributed by atoms with Crippen molar-refractivity contribution in [1.82, 2.24) is 4.90 Å². The number of carbonyl (C=O) groups is 1. The minimum atomic E-state index is -0.0286. The predicted octanol–water partition coefficient (Wildman–Crippen LogP) is 3.19. The van der Waals surface area contributed by atoms with Crippen molar-refractivity contribution in [3.05, 3.63) is 33.8 Å². The van der Waals surface area contributed by atoms with E-state index in [0.717, 1.165) is 19.5 Å². The fourth-order valence-corrected chi connectivity index (χ4v) is 3.90. The first-order chi connectivity index (χ1) is 9.58. The Morgan fingerprint density at radius 3 is 2.80 bits per heavy atom. The summed E-state index contributed by atoms with van der Waals surface area (Å²) in [6.07, 6.45) is 3.41. The van der Waals surface area contributed by atoms with Gasteiger partial charge in [0.15, 0.2) is 0 Å². The maximum Gasteiger partial charge on any atom is 0.255 e. The third kappa shape index (κ3) is 2.43. The van der Waals surface area contributed by atoms with Gasteiger partial charge in [0, 0.05) is 19.1 Å². The van der Waals surface area contributed by atoms with Crippen LogP contribution in [0.3, 0.4) is 0 Å². The summed E-state index contributed by atoms with van der Waals surface area (Å²) in [5.74, 6) is 0.949. The highest BCUT2D eigenvalue weighted by molar-refractivity contribution is 6.43. The number of halogens is 2. The van der Waals surface area contributed by atoms with Crippen LogP contribution >= 0.6 is 23.2 Å². The second kappa shape index (κ2) is 5.55. The number of nitrogens with two attached hydrogens (primary N) is 1. The Labute approximate surface area is 129 Å². The average Bonchev–Trinajstić information content (AvgIpc) is 2.87. The molecule has 1 saturated carbocycles. The first kappa shape index (κ1) is 14.2. The fraction of sp³-hybridized carbons (Fsp3) is 0.533. The van der Waals surface area contributed by atoms with Crippen LogP contribution in [0.15, 0.2) is 18.2 Å². The van der Waals surface area contributed by atoms with Gasteiger partial charge < -0.3 is 10.6 Å². The number of amides is 1. The molecule has 5 heteroatoms. The summed E-state index contributed by atoms with van der Waals surface area (Å²) in [4.78, 5) is 14.5. The SMILES string of the molecule is NC1CCCC2CN(C(=O)c3cccc(Cl)c3Cl)CC12. The van der Waals surface area contributed by atoms with Crippen molar-refractivity contribution in [2.45, 2.75) is 25.3 Å². The lowest BCUT2D eigenvalue weighted by Crippen LogP contribution is -2.38. The third-order valence-corrected chi connectivity index (χ3v) is 5.44. The molecule has 1 saturated heterocycles. The molecule has 108 valence electrons. The molecule has 2 aliphatic rings. The van der Waals surface area contributed by atoms with Crippen LogP contribution < -0.4 is 5.73 Å². The van der Waals surface area contributed by atoms with E-state index in [1.807, 2.05) is 4.90 Å². The van der Waals surface area contributed by atoms with Gasteiger partial charge in [0.2, 0.25) is 0 Å². The molecule has 1 aromatic carbocycles. The molecule has 1 aromatic rings. The van der Waals surface area contributed by atoms with E-state index in [4.69, 9.17) is 28.9 Å². The third-order valence-electron chi connectivity index (χ3n) is 4.62. The molecule has 0 radical (unpaired) electrons. The second-order valence-corrected chi connectivity index (χ2v) is 6.62. The molecule has 2 fully saturated rings. The Morgan fingerprint density at radius 1 is 1.25 bits per heavy atom. The van der Waals surface area contributed by atoms with E-state index in [1.54, 1.807) is 18.2 Å². The molecule has 1 aliphatic carbocycles. The van der Waals surface area contributed by atoms with Gasteiger partial charge in [0.05, 0.1) is 15.6 Å². The zero-order valence-corrected chi connectivity index (χ0v) is 12.7. The monoisotopic (exact) mass is 312 g/mol. The summed E-state index contributed by atoms with van der Waals surface area (Å²) in [6.45, 7) is 1.54. The Hall–Kier alpha value is -0.770. The van der Waals surface area contributed by atoms with E-state index in [9.17, 15) is 4.79 Å². The minimum Gasteiger partial charge on any atom is -0.338 e. The number of hydrogen-bond donors (Lipinski definition) is 1. The molecule has 3 rings (SSSR count). The summed E-state index contributed by atoms with van der Waals surface area (Å²) < 4.78 is 0. The number of carbonyl (C=O) groups excluding carboxylic acids is 1. The number of rotatable bonds is 1. The number of likely N-dealkylation sites (tertiary alicyclic amines) is 1. The lowest BCUT2D eigenvalue weighted by Gasteiger charge is -2.29. The van der Waals surface area contributed by atoms with Crippen LogP contribution in [0.25, 0.3) is 0 Å². The predicted molar refractivity (Wildman–Crippen MR) is 81.2 cm³/mol. The molecular formula is C15H18Cl2N2O. The van der Waals surface area contributed by atoms with Gasteiger partial charge in [-0.15, -0.1) is 0 Å². The standard InChI is InChI=1S/C15H18Cl2N2O/c16-12-5-2-4-10(14(12)17)15(20)19-7-9-3-1-6-13(18)11(9)8-19/h2,4-5,9,11,13H,1,3,6-8,18H2. The lowest BCUT2D eigenvalue weighted by atomic mass is 9.78. The highest BCUT2D eigenvalue weighted by Gasteiger charge is 2.40. The molecule has 20 heavy (non-hydrogen) atoms. The molecule has 3 atom stereocenters. The van der Waals surface area contributed by atoms with Gasteiger partial charge in [-0.25, -0.2) is 0 Å². The maximum atomic E-state index is 12.6. The zero-order chi connectivity index (χ0) is 14.3. The Balaban J connectivity index is 1.80. The van der Waals surface area contributed by atoms with E-state index in [2.05, 4.69) is 0 Å². The number of benzene rings is 1. The van der Waals surface area contributed by atoms with Crippen LogP contribution in [-0.2, 0) is 0 Å². The maximum absolute atomic E-state index is 12.6. The molecule has 1 aliphatic heterocycles. The summed E-state index contributed by atoms with van der Waals surface area (Å²) >= 11 is 12.1. The van der Waals surface area contributed by atoms with E-state index in [0.29, 0.717) is 27.4 Å². The van der Waals surface area contributed by atoms with Gasteiger partial charge >= 0.3 is 0 Å². The second-order valence-electron chi connectivity index (χ2n) is 5.83. The molecule has 0 bridgehead atoms. The van der Waals surface area contributed by atoms with Crippen LogP contribution in [0, 0.1) is 11.8 Å². The molecule has 0 aromatic heterocycles. The van der Waals surface area contributed by atoms with Crippen LogP contribution in [0.4, 0.5) is 0 Å². The molecule has 1 amide bonds. The normalized spacial score (nSPS) is 29.4. The molecule has 3 nitrogen and oxygen atoms in total. The van der Waals surface area contributed by atoms with Crippen molar-refractivity contribution in [3.63, 3.8) is 0 Å². The Morgan fingerprint density at radius 2 is 2.05 bits per heavy atom. The largest absolute Gasteiger partial charge is 0.338 e. The molecule has 0 spiro atoms. The number of nitrogens with zero attached hydrogens (tertiary/aromatic N) is 1. The fourth-order valence-electron chi connectivity index (χ4n) is 3.52. The summed E-state index contributed by atoms with van der Waals surface area (Å²) in [7, 11) is 0. The van der Waals surface area contributed by atoms with Crippen molar-refractivity contribution in [1.29, 1.82) is 0 Å². The van der Waals surface area contributed by atoms with Gasteiger partial charge in [-0.3, -0.25) is 4.79 Å². The lowest BCUT2D eigenvalue weighted by molar-refractivity contribution is 0.0783. The van der Waals surface area contributed by atoms with Gasteiger partial charge in [0.25, 0.3) is 5.91 Å². The average molecular weight is 313 g/mol. The van der Waals surface area contributed by atoms with Gasteiger partial charge in [-0.05, 0) is 36.8 Å². The highest BCUT2D eigenvalue weighted by Crippen LogP contribution is 2.37. The first-order valence-electron chi connectivity index (χ1n) is 7.07. The minimum absolute atomic E-state index is 0.0286. The van der Waals surface area contributed by atoms with Crippen molar-refractivity contribution in [2.24, 2.45) is 17.6 Å². The number of hydrogen-bond acceptors (Lipinski definition) is 2. The van der Waals surface area contributed by atoms with Gasteiger partial charge in [-0.2, -0.15) is 0 Å². The van der Waals surface area contributed by atoms with Crippen molar-refractivity contribution in [3.8, 4) is 0 Å². The quantitative estimate of drug-likeness (QED) is 0.865. The smallest absolute Gasteiger partial charge is 0.255 e. The Bertz CT molecular complexity index is 535. The van der Waals surface area contributed by atoms with Crippen LogP contribution in [-0.4, -0.2) is 29.9 Å². The van der Waals surface area contributed by atoms with Crippen molar-refractivity contribution < 1.29 is 4.79 Å². The van der Waals surface area contributed by atoms with Gasteiger partial charge in [-0.1, -0.05) is 35.7 Å². The topological polar surface area (TPSA) is 46.3 Å². The molecule has 2 N–H and O–H groups in total. The zero-order valence-electron chi connectivity index (χ0n) is 11.2. The van der Waals surface area contributed by atoms with Crippen LogP contribution in [0.5, 0.6) is 0 Å². The van der Waals surface area contributed by atoms with Crippen molar-refractivity contribution in [2.75, 3.05) is 13.1 Å². The summed E-state index contributed by atoms with van der Waals surface area (Å²) in [5, 5.41) is 0.768. The van der Waals surface area contributed by atoms with E-state index in [-0.39, 0.29) is 11.9 Å². The van der Waals surface area contributed by atoms with Crippen molar-refractivity contribution >= 4 is 29.1 Å². The molecule has 3 unspecified atom stereocenters. The van der Waals surface area contributed by atoms with E-state index < -0.39 is 0 Å². The van der Waals surface area contributed by atoms with Gasteiger partial charge in [0.1, 0.15) is 0 Å². The molecular weight excluding hydrogens is 295 g/mol.